The van der Waals surface area contributed by atoms with Crippen molar-refractivity contribution >= 4 is 27.5 Å². The lowest BCUT2D eigenvalue weighted by atomic mass is 10.1. The maximum Gasteiger partial charge on any atom is 0.268 e. The van der Waals surface area contributed by atoms with Crippen LogP contribution in [0.1, 0.15) is 37.6 Å². The zero-order valence-electron chi connectivity index (χ0n) is 13.3. The van der Waals surface area contributed by atoms with Crippen LogP contribution in [-0.4, -0.2) is 32.1 Å². The van der Waals surface area contributed by atoms with Gasteiger partial charge in [0.25, 0.3) is 11.8 Å². The first kappa shape index (κ1) is 17.3. The molecular weight excluding hydrogens is 320 g/mol. The standard InChI is InChI=1S/C15H20N2O5S/c1-4-9(2)8-23(20,21)17-15(19)11-6-5-7-12-13(11)22-10(3)14(18)16-12/h5-7,9-10H,4,8H2,1-3H3,(H,16,18)(H,17,19)/t9-,10+/m0/s1. The van der Waals surface area contributed by atoms with Crippen LogP contribution in [0.4, 0.5) is 5.69 Å². The predicted octanol–water partition coefficient (Wildman–Crippen LogP) is 1.51. The summed E-state index contributed by atoms with van der Waals surface area (Å²) in [5.74, 6) is -1.09. The molecule has 0 aliphatic carbocycles. The third kappa shape index (κ3) is 4.01. The van der Waals surface area contributed by atoms with Gasteiger partial charge in [-0.3, -0.25) is 9.59 Å². The van der Waals surface area contributed by atoms with Gasteiger partial charge in [0.05, 0.1) is 17.0 Å². The van der Waals surface area contributed by atoms with Gasteiger partial charge < -0.3 is 10.1 Å². The van der Waals surface area contributed by atoms with Gasteiger partial charge in [-0.1, -0.05) is 26.3 Å². The van der Waals surface area contributed by atoms with E-state index in [1.165, 1.54) is 6.07 Å². The Morgan fingerprint density at radius 3 is 2.78 bits per heavy atom. The number of hydrogen-bond donors (Lipinski definition) is 2. The van der Waals surface area contributed by atoms with Crippen molar-refractivity contribution in [3.05, 3.63) is 23.8 Å². The Balaban J connectivity index is 2.24. The molecule has 0 saturated heterocycles. The number of carbonyl (C=O) groups excluding carboxylic acids is 2. The van der Waals surface area contributed by atoms with E-state index in [1.54, 1.807) is 26.0 Å². The molecule has 126 valence electrons. The number of hydrogen-bond acceptors (Lipinski definition) is 5. The quantitative estimate of drug-likeness (QED) is 0.846. The Hall–Kier alpha value is -2.09. The first-order valence-electron chi connectivity index (χ1n) is 7.39. The average molecular weight is 340 g/mol. The van der Waals surface area contributed by atoms with E-state index in [-0.39, 0.29) is 28.9 Å². The summed E-state index contributed by atoms with van der Waals surface area (Å²) in [6.45, 7) is 5.23. The van der Waals surface area contributed by atoms with E-state index in [2.05, 4.69) is 10.0 Å². The molecule has 0 unspecified atom stereocenters. The van der Waals surface area contributed by atoms with E-state index < -0.39 is 22.0 Å². The molecule has 1 aliphatic heterocycles. The Bertz CT molecular complexity index is 729. The number of para-hydroxylation sites is 1. The minimum absolute atomic E-state index is 0.0550. The SMILES string of the molecule is CC[C@H](C)CS(=O)(=O)NC(=O)c1cccc2c1O[C@H](C)C(=O)N2. The van der Waals surface area contributed by atoms with Crippen molar-refractivity contribution in [2.45, 2.75) is 33.3 Å². The normalized spacial score (nSPS) is 18.4. The lowest BCUT2D eigenvalue weighted by molar-refractivity contribution is -0.122. The highest BCUT2D eigenvalue weighted by molar-refractivity contribution is 7.90. The summed E-state index contributed by atoms with van der Waals surface area (Å²) in [7, 11) is -3.73. The van der Waals surface area contributed by atoms with E-state index in [4.69, 9.17) is 4.74 Å². The highest BCUT2D eigenvalue weighted by Crippen LogP contribution is 2.33. The van der Waals surface area contributed by atoms with E-state index in [0.717, 1.165) is 0 Å². The fourth-order valence-electron chi connectivity index (χ4n) is 2.14. The maximum atomic E-state index is 12.3. The Morgan fingerprint density at radius 2 is 2.13 bits per heavy atom. The van der Waals surface area contributed by atoms with E-state index in [1.807, 2.05) is 6.92 Å². The van der Waals surface area contributed by atoms with Crippen molar-refractivity contribution in [2.75, 3.05) is 11.1 Å². The molecule has 0 radical (unpaired) electrons. The van der Waals surface area contributed by atoms with Gasteiger partial charge in [-0.15, -0.1) is 0 Å². The van der Waals surface area contributed by atoms with Gasteiger partial charge in [-0.05, 0) is 25.0 Å². The summed E-state index contributed by atoms with van der Waals surface area (Å²) >= 11 is 0. The van der Waals surface area contributed by atoms with Crippen molar-refractivity contribution in [3.63, 3.8) is 0 Å². The van der Waals surface area contributed by atoms with Gasteiger partial charge >= 0.3 is 0 Å². The van der Waals surface area contributed by atoms with Crippen LogP contribution in [0.2, 0.25) is 0 Å². The third-order valence-corrected chi connectivity index (χ3v) is 5.13. The van der Waals surface area contributed by atoms with Crippen molar-refractivity contribution in [2.24, 2.45) is 5.92 Å². The first-order chi connectivity index (χ1) is 10.7. The van der Waals surface area contributed by atoms with Crippen molar-refractivity contribution in [1.29, 1.82) is 0 Å². The number of benzene rings is 1. The number of sulfonamides is 1. The second kappa shape index (κ2) is 6.57. The monoisotopic (exact) mass is 340 g/mol. The summed E-state index contributed by atoms with van der Waals surface area (Å²) in [5, 5.41) is 2.62. The van der Waals surface area contributed by atoms with Gasteiger partial charge in [0.1, 0.15) is 0 Å². The molecule has 1 aromatic carbocycles. The predicted molar refractivity (Wildman–Crippen MR) is 85.9 cm³/mol. The maximum absolute atomic E-state index is 12.3. The summed E-state index contributed by atoms with van der Waals surface area (Å²) < 4.78 is 31.6. The zero-order valence-corrected chi connectivity index (χ0v) is 14.1. The highest BCUT2D eigenvalue weighted by atomic mass is 32.2. The van der Waals surface area contributed by atoms with Crippen LogP contribution in [-0.2, 0) is 14.8 Å². The molecule has 1 aliphatic rings. The molecule has 1 aromatic rings. The van der Waals surface area contributed by atoms with Crippen LogP contribution in [0.15, 0.2) is 18.2 Å². The molecule has 1 heterocycles. The summed E-state index contributed by atoms with van der Waals surface area (Å²) in [6.07, 6.45) is -0.0594. The van der Waals surface area contributed by atoms with Gasteiger partial charge in [0.2, 0.25) is 10.0 Å². The zero-order chi connectivity index (χ0) is 17.2. The van der Waals surface area contributed by atoms with Crippen molar-refractivity contribution in [3.8, 4) is 5.75 Å². The molecular formula is C15H20N2O5S. The number of amides is 2. The van der Waals surface area contributed by atoms with Gasteiger partial charge in [0, 0.05) is 0 Å². The molecule has 0 aromatic heterocycles. The molecule has 2 atom stereocenters. The van der Waals surface area contributed by atoms with Crippen LogP contribution in [0.5, 0.6) is 5.75 Å². The van der Waals surface area contributed by atoms with Crippen LogP contribution in [0, 0.1) is 5.92 Å². The molecule has 2 N–H and O–H groups in total. The largest absolute Gasteiger partial charge is 0.478 e. The Morgan fingerprint density at radius 1 is 1.43 bits per heavy atom. The number of fused-ring (bicyclic) bond motifs is 1. The van der Waals surface area contributed by atoms with Crippen LogP contribution in [0.3, 0.4) is 0 Å². The molecule has 0 spiro atoms. The number of nitrogens with one attached hydrogen (secondary N) is 2. The highest BCUT2D eigenvalue weighted by Gasteiger charge is 2.29. The lowest BCUT2D eigenvalue weighted by Crippen LogP contribution is -2.37. The third-order valence-electron chi connectivity index (χ3n) is 3.63. The van der Waals surface area contributed by atoms with Crippen LogP contribution >= 0.6 is 0 Å². The summed E-state index contributed by atoms with van der Waals surface area (Å²) in [6, 6.07) is 4.59. The number of carbonyl (C=O) groups is 2. The number of anilines is 1. The second-order valence-electron chi connectivity index (χ2n) is 5.66. The Kier molecular flexibility index (Phi) is 4.93. The summed E-state index contributed by atoms with van der Waals surface area (Å²) in [4.78, 5) is 23.9. The van der Waals surface area contributed by atoms with Crippen LogP contribution in [0.25, 0.3) is 0 Å². The first-order valence-corrected chi connectivity index (χ1v) is 9.04. The molecule has 7 nitrogen and oxygen atoms in total. The second-order valence-corrected chi connectivity index (χ2v) is 7.42. The molecule has 23 heavy (non-hydrogen) atoms. The van der Waals surface area contributed by atoms with E-state index in [0.29, 0.717) is 12.1 Å². The van der Waals surface area contributed by atoms with Crippen molar-refractivity contribution in [1.82, 2.24) is 4.72 Å². The fraction of sp³-hybridized carbons (Fsp3) is 0.467. The molecule has 2 rings (SSSR count). The molecule has 8 heteroatoms. The topological polar surface area (TPSA) is 102 Å². The van der Waals surface area contributed by atoms with Crippen molar-refractivity contribution < 1.29 is 22.7 Å². The number of ether oxygens (including phenoxy) is 1. The lowest BCUT2D eigenvalue weighted by Gasteiger charge is -2.25. The average Bonchev–Trinajstić information content (AvgIpc) is 2.46. The molecule has 0 fully saturated rings. The smallest absolute Gasteiger partial charge is 0.268 e. The van der Waals surface area contributed by atoms with Crippen LogP contribution < -0.4 is 14.8 Å². The van der Waals surface area contributed by atoms with Gasteiger partial charge in [-0.25, -0.2) is 13.1 Å². The van der Waals surface area contributed by atoms with Gasteiger partial charge in [-0.2, -0.15) is 0 Å². The molecule has 0 bridgehead atoms. The summed E-state index contributed by atoms with van der Waals surface area (Å²) in [5.41, 5.74) is 0.419. The number of rotatable bonds is 5. The van der Waals surface area contributed by atoms with E-state index in [9.17, 15) is 18.0 Å². The molecule has 2 amide bonds. The Labute approximate surface area is 135 Å². The fourth-order valence-corrected chi connectivity index (χ4v) is 3.60. The molecule has 0 saturated carbocycles. The minimum Gasteiger partial charge on any atom is -0.478 e. The minimum atomic E-state index is -3.73. The van der Waals surface area contributed by atoms with E-state index >= 15 is 0 Å². The van der Waals surface area contributed by atoms with Gasteiger partial charge in [0.15, 0.2) is 11.9 Å².